The van der Waals surface area contributed by atoms with Crippen molar-refractivity contribution in [2.24, 2.45) is 0 Å². The standard InChI is InChI=1S/C23H23ClN2O4S2/c24-21-11-12-23(31-21)32(29,30)26-15-13-17-7-9-18(10-8-17)20(5-1-2-6-22(27)28)19-4-3-14-25-16-19/h3-5,7-12,14,16,26H,1-2,6,13,15H2,(H,27,28). The molecule has 0 aliphatic carbocycles. The summed E-state index contributed by atoms with van der Waals surface area (Å²) in [6.07, 6.45) is 7.41. The maximum atomic E-state index is 12.3. The number of halogens is 1. The van der Waals surface area contributed by atoms with Crippen LogP contribution in [0.2, 0.25) is 4.34 Å². The summed E-state index contributed by atoms with van der Waals surface area (Å²) in [6.45, 7) is 0.275. The molecule has 32 heavy (non-hydrogen) atoms. The second-order valence-corrected chi connectivity index (χ2v) is 10.8. The van der Waals surface area contributed by atoms with Crippen LogP contribution < -0.4 is 4.72 Å². The molecule has 9 heteroatoms. The number of thiophene rings is 1. The fraction of sp³-hybridized carbons (Fsp3) is 0.217. The average Bonchev–Trinajstić information content (AvgIpc) is 3.22. The number of aliphatic carboxylic acids is 1. The van der Waals surface area contributed by atoms with Crippen LogP contribution in [-0.4, -0.2) is 31.0 Å². The molecule has 0 radical (unpaired) electrons. The summed E-state index contributed by atoms with van der Waals surface area (Å²) in [7, 11) is -3.56. The number of rotatable bonds is 11. The third-order valence-corrected chi connectivity index (χ3v) is 7.88. The summed E-state index contributed by atoms with van der Waals surface area (Å²) in [5, 5.41) is 8.85. The summed E-state index contributed by atoms with van der Waals surface area (Å²) < 4.78 is 27.8. The number of hydrogen-bond acceptors (Lipinski definition) is 5. The van der Waals surface area contributed by atoms with Gasteiger partial charge in [0, 0.05) is 30.9 Å². The Hall–Kier alpha value is -2.52. The van der Waals surface area contributed by atoms with Crippen LogP contribution in [0.5, 0.6) is 0 Å². The number of nitrogens with one attached hydrogen (secondary N) is 1. The number of nitrogens with zero attached hydrogens (tertiary/aromatic N) is 1. The molecule has 0 saturated carbocycles. The minimum absolute atomic E-state index is 0.128. The van der Waals surface area contributed by atoms with Crippen molar-refractivity contribution in [1.29, 1.82) is 0 Å². The Morgan fingerprint density at radius 3 is 2.53 bits per heavy atom. The molecule has 0 atom stereocenters. The number of aromatic nitrogens is 1. The van der Waals surface area contributed by atoms with E-state index in [9.17, 15) is 13.2 Å². The lowest BCUT2D eigenvalue weighted by atomic mass is 9.96. The van der Waals surface area contributed by atoms with Gasteiger partial charge in [0.1, 0.15) is 4.21 Å². The van der Waals surface area contributed by atoms with E-state index in [-0.39, 0.29) is 17.2 Å². The molecule has 3 rings (SSSR count). The molecule has 168 valence electrons. The van der Waals surface area contributed by atoms with Gasteiger partial charge >= 0.3 is 5.97 Å². The smallest absolute Gasteiger partial charge is 0.303 e. The number of unbranched alkanes of at least 4 members (excludes halogenated alkanes) is 1. The Labute approximate surface area is 196 Å². The first kappa shape index (κ1) is 24.1. The highest BCUT2D eigenvalue weighted by Gasteiger charge is 2.15. The van der Waals surface area contributed by atoms with Crippen LogP contribution in [-0.2, 0) is 21.2 Å². The van der Waals surface area contributed by atoms with E-state index in [0.717, 1.165) is 33.6 Å². The number of carboxylic acids is 1. The molecule has 0 spiro atoms. The van der Waals surface area contributed by atoms with Gasteiger partial charge in [-0.2, -0.15) is 0 Å². The number of hydrogen-bond donors (Lipinski definition) is 2. The van der Waals surface area contributed by atoms with Gasteiger partial charge in [0.25, 0.3) is 0 Å². The first-order chi connectivity index (χ1) is 15.3. The number of benzene rings is 1. The number of carbonyl (C=O) groups is 1. The second kappa shape index (κ2) is 11.4. The molecule has 6 nitrogen and oxygen atoms in total. The zero-order valence-corrected chi connectivity index (χ0v) is 19.6. The van der Waals surface area contributed by atoms with Crippen molar-refractivity contribution < 1.29 is 18.3 Å². The highest BCUT2D eigenvalue weighted by molar-refractivity contribution is 7.91. The van der Waals surface area contributed by atoms with Crippen molar-refractivity contribution in [3.05, 3.63) is 88.0 Å². The molecule has 0 unspecified atom stereocenters. The van der Waals surface area contributed by atoms with E-state index >= 15 is 0 Å². The fourth-order valence-electron chi connectivity index (χ4n) is 3.12. The van der Waals surface area contributed by atoms with E-state index in [0.29, 0.717) is 23.6 Å². The van der Waals surface area contributed by atoms with Gasteiger partial charge in [0.05, 0.1) is 4.34 Å². The van der Waals surface area contributed by atoms with Gasteiger partial charge in [-0.1, -0.05) is 48.0 Å². The van der Waals surface area contributed by atoms with Gasteiger partial charge in [-0.05, 0) is 54.2 Å². The topological polar surface area (TPSA) is 96.4 Å². The Morgan fingerprint density at radius 2 is 1.91 bits per heavy atom. The zero-order chi connectivity index (χ0) is 23.0. The molecular formula is C23H23ClN2O4S2. The molecule has 2 aromatic heterocycles. The molecule has 1 aromatic carbocycles. The van der Waals surface area contributed by atoms with Gasteiger partial charge < -0.3 is 5.11 Å². The molecule has 0 amide bonds. The molecule has 0 aliphatic rings. The lowest BCUT2D eigenvalue weighted by Crippen LogP contribution is -2.25. The molecule has 2 heterocycles. The van der Waals surface area contributed by atoms with E-state index in [1.165, 1.54) is 6.07 Å². The van der Waals surface area contributed by atoms with Crippen LogP contribution in [0.15, 0.2) is 71.2 Å². The summed E-state index contributed by atoms with van der Waals surface area (Å²) >= 11 is 6.85. The van der Waals surface area contributed by atoms with Gasteiger partial charge in [0.15, 0.2) is 0 Å². The predicted octanol–water partition coefficient (Wildman–Crippen LogP) is 5.00. The molecule has 2 N–H and O–H groups in total. The van der Waals surface area contributed by atoms with Crippen LogP contribution in [0.1, 0.15) is 36.0 Å². The summed E-state index contributed by atoms with van der Waals surface area (Å²) in [4.78, 5) is 15.0. The van der Waals surface area contributed by atoms with Crippen LogP contribution >= 0.6 is 22.9 Å². The quantitative estimate of drug-likeness (QED) is 0.368. The first-order valence-corrected chi connectivity index (χ1v) is 12.7. The normalized spacial score (nSPS) is 12.1. The third kappa shape index (κ3) is 7.00. The van der Waals surface area contributed by atoms with Gasteiger partial charge in [-0.3, -0.25) is 9.78 Å². The van der Waals surface area contributed by atoms with Crippen LogP contribution in [0.3, 0.4) is 0 Å². The number of allylic oxidation sites excluding steroid dienone is 1. The zero-order valence-electron chi connectivity index (χ0n) is 17.2. The van der Waals surface area contributed by atoms with Gasteiger partial charge in [0.2, 0.25) is 10.0 Å². The van der Waals surface area contributed by atoms with Crippen molar-refractivity contribution in [1.82, 2.24) is 9.71 Å². The van der Waals surface area contributed by atoms with Crippen molar-refractivity contribution >= 4 is 44.5 Å². The van der Waals surface area contributed by atoms with Crippen molar-refractivity contribution in [2.45, 2.75) is 29.9 Å². The SMILES string of the molecule is O=C(O)CCCC=C(c1ccc(CCNS(=O)(=O)c2ccc(Cl)s2)cc1)c1cccnc1. The molecule has 0 saturated heterocycles. The minimum atomic E-state index is -3.56. The predicted molar refractivity (Wildman–Crippen MR) is 127 cm³/mol. The largest absolute Gasteiger partial charge is 0.481 e. The van der Waals surface area contributed by atoms with Gasteiger partial charge in [-0.25, -0.2) is 13.1 Å². The Bertz CT molecular complexity index is 1170. The van der Waals surface area contributed by atoms with Crippen molar-refractivity contribution in [2.75, 3.05) is 6.54 Å². The highest BCUT2D eigenvalue weighted by Crippen LogP contribution is 2.26. The lowest BCUT2D eigenvalue weighted by Gasteiger charge is -2.10. The van der Waals surface area contributed by atoms with Crippen LogP contribution in [0.25, 0.3) is 5.57 Å². The number of carboxylic acid groups (broad SMARTS) is 1. The molecule has 0 bridgehead atoms. The number of pyridine rings is 1. The first-order valence-electron chi connectivity index (χ1n) is 10.0. The third-order valence-electron chi connectivity index (χ3n) is 4.70. The molecule has 0 fully saturated rings. The number of sulfonamides is 1. The van der Waals surface area contributed by atoms with E-state index in [2.05, 4.69) is 9.71 Å². The molecule has 0 aliphatic heterocycles. The summed E-state index contributed by atoms with van der Waals surface area (Å²) in [6, 6.07) is 14.8. The monoisotopic (exact) mass is 490 g/mol. The minimum Gasteiger partial charge on any atom is -0.481 e. The Morgan fingerprint density at radius 1 is 1.12 bits per heavy atom. The van der Waals surface area contributed by atoms with E-state index in [1.54, 1.807) is 18.5 Å². The van der Waals surface area contributed by atoms with E-state index < -0.39 is 16.0 Å². The van der Waals surface area contributed by atoms with E-state index in [1.807, 2.05) is 42.5 Å². The van der Waals surface area contributed by atoms with Crippen LogP contribution in [0.4, 0.5) is 0 Å². The maximum absolute atomic E-state index is 12.3. The average molecular weight is 491 g/mol. The molecule has 3 aromatic rings. The van der Waals surface area contributed by atoms with E-state index in [4.69, 9.17) is 16.7 Å². The lowest BCUT2D eigenvalue weighted by molar-refractivity contribution is -0.137. The maximum Gasteiger partial charge on any atom is 0.303 e. The van der Waals surface area contributed by atoms with Crippen molar-refractivity contribution in [3.63, 3.8) is 0 Å². The van der Waals surface area contributed by atoms with Crippen LogP contribution in [0, 0.1) is 0 Å². The highest BCUT2D eigenvalue weighted by atomic mass is 35.5. The Kier molecular flexibility index (Phi) is 8.58. The van der Waals surface area contributed by atoms with Crippen molar-refractivity contribution in [3.8, 4) is 0 Å². The summed E-state index contributed by atoms with van der Waals surface area (Å²) in [5.41, 5.74) is 3.94. The fourth-order valence-corrected chi connectivity index (χ4v) is 5.68. The molecular weight excluding hydrogens is 468 g/mol. The second-order valence-electron chi connectivity index (χ2n) is 7.05. The van der Waals surface area contributed by atoms with Gasteiger partial charge in [-0.15, -0.1) is 11.3 Å². The Balaban J connectivity index is 1.66. The summed E-state index contributed by atoms with van der Waals surface area (Å²) in [5.74, 6) is -0.802.